The van der Waals surface area contributed by atoms with Gasteiger partial charge in [0.1, 0.15) is 6.54 Å². The SMILES string of the molecule is CCc1ccccc1N(CC(=O)NCc1ccc(OC)c(OC)c1OC)S(=O)(=O)c1ccccc1. The topological polar surface area (TPSA) is 94.2 Å². The molecule has 0 fully saturated rings. The van der Waals surface area contributed by atoms with E-state index >= 15 is 0 Å². The van der Waals surface area contributed by atoms with Crippen LogP contribution in [0.3, 0.4) is 0 Å². The van der Waals surface area contributed by atoms with Gasteiger partial charge in [-0.25, -0.2) is 8.42 Å². The van der Waals surface area contributed by atoms with Crippen LogP contribution in [0.5, 0.6) is 17.2 Å². The highest BCUT2D eigenvalue weighted by Gasteiger charge is 2.28. The minimum Gasteiger partial charge on any atom is -0.493 e. The average molecular weight is 499 g/mol. The second kappa shape index (κ2) is 11.6. The number of ether oxygens (including phenoxy) is 3. The Morgan fingerprint density at radius 2 is 1.49 bits per heavy atom. The fourth-order valence-corrected chi connectivity index (χ4v) is 5.23. The van der Waals surface area contributed by atoms with Crippen molar-refractivity contribution >= 4 is 21.6 Å². The Bertz CT molecular complexity index is 1260. The minimum atomic E-state index is -3.99. The van der Waals surface area contributed by atoms with Crippen LogP contribution in [0.15, 0.2) is 71.6 Å². The van der Waals surface area contributed by atoms with Crippen LogP contribution in [0, 0.1) is 0 Å². The lowest BCUT2D eigenvalue weighted by molar-refractivity contribution is -0.119. The number of aryl methyl sites for hydroxylation is 1. The highest BCUT2D eigenvalue weighted by molar-refractivity contribution is 7.92. The normalized spacial score (nSPS) is 11.0. The van der Waals surface area contributed by atoms with E-state index in [0.29, 0.717) is 34.9 Å². The highest BCUT2D eigenvalue weighted by atomic mass is 32.2. The van der Waals surface area contributed by atoms with Gasteiger partial charge in [0, 0.05) is 12.1 Å². The first kappa shape index (κ1) is 25.9. The number of anilines is 1. The van der Waals surface area contributed by atoms with E-state index in [1.54, 1.807) is 42.5 Å². The molecule has 0 aliphatic rings. The predicted octanol–water partition coefficient (Wildman–Crippen LogP) is 3.79. The van der Waals surface area contributed by atoms with Crippen molar-refractivity contribution in [2.24, 2.45) is 0 Å². The zero-order valence-corrected chi connectivity index (χ0v) is 21.1. The first-order valence-corrected chi connectivity index (χ1v) is 12.5. The Kier molecular flexibility index (Phi) is 8.59. The van der Waals surface area contributed by atoms with Crippen molar-refractivity contribution in [1.82, 2.24) is 5.32 Å². The largest absolute Gasteiger partial charge is 0.493 e. The van der Waals surface area contributed by atoms with E-state index < -0.39 is 15.9 Å². The maximum absolute atomic E-state index is 13.6. The summed E-state index contributed by atoms with van der Waals surface area (Å²) in [4.78, 5) is 13.2. The zero-order chi connectivity index (χ0) is 25.4. The number of methoxy groups -OCH3 is 3. The molecule has 0 saturated heterocycles. The molecule has 0 aliphatic carbocycles. The van der Waals surface area contributed by atoms with Gasteiger partial charge in [-0.3, -0.25) is 9.10 Å². The third-order valence-corrected chi connectivity index (χ3v) is 7.30. The molecule has 35 heavy (non-hydrogen) atoms. The summed E-state index contributed by atoms with van der Waals surface area (Å²) in [7, 11) is 0.535. The maximum atomic E-state index is 13.6. The molecule has 3 rings (SSSR count). The summed E-state index contributed by atoms with van der Waals surface area (Å²) in [5, 5.41) is 2.80. The van der Waals surface area contributed by atoms with E-state index in [0.717, 1.165) is 9.87 Å². The molecular formula is C26H30N2O6S. The Morgan fingerprint density at radius 3 is 2.11 bits per heavy atom. The molecule has 0 spiro atoms. The fraction of sp³-hybridized carbons (Fsp3) is 0.269. The van der Waals surface area contributed by atoms with Crippen LogP contribution >= 0.6 is 0 Å². The number of para-hydroxylation sites is 1. The van der Waals surface area contributed by atoms with Gasteiger partial charge in [0.05, 0.1) is 31.9 Å². The second-order valence-electron chi connectivity index (χ2n) is 7.58. The summed E-state index contributed by atoms with van der Waals surface area (Å²) in [6.07, 6.45) is 0.613. The van der Waals surface area contributed by atoms with Gasteiger partial charge < -0.3 is 19.5 Å². The van der Waals surface area contributed by atoms with Crippen LogP contribution in [-0.4, -0.2) is 42.2 Å². The van der Waals surface area contributed by atoms with Gasteiger partial charge in [-0.15, -0.1) is 0 Å². The number of carbonyl (C=O) groups excluding carboxylic acids is 1. The molecule has 0 heterocycles. The molecule has 0 aliphatic heterocycles. The Morgan fingerprint density at radius 1 is 0.829 bits per heavy atom. The number of amides is 1. The van der Waals surface area contributed by atoms with Gasteiger partial charge >= 0.3 is 0 Å². The van der Waals surface area contributed by atoms with Crippen molar-refractivity contribution in [3.05, 3.63) is 77.9 Å². The lowest BCUT2D eigenvalue weighted by Crippen LogP contribution is -2.41. The number of hydrogen-bond donors (Lipinski definition) is 1. The molecule has 1 N–H and O–H groups in total. The Hall–Kier alpha value is -3.72. The first-order valence-electron chi connectivity index (χ1n) is 11.1. The van der Waals surface area contributed by atoms with E-state index in [1.165, 1.54) is 33.5 Å². The highest BCUT2D eigenvalue weighted by Crippen LogP contribution is 2.39. The summed E-state index contributed by atoms with van der Waals surface area (Å²) < 4.78 is 44.4. The summed E-state index contributed by atoms with van der Waals surface area (Å²) >= 11 is 0. The van der Waals surface area contributed by atoms with Gasteiger partial charge in [-0.1, -0.05) is 43.3 Å². The molecule has 0 atom stereocenters. The van der Waals surface area contributed by atoms with Gasteiger partial charge in [0.25, 0.3) is 10.0 Å². The fourth-order valence-electron chi connectivity index (χ4n) is 3.75. The molecule has 8 nitrogen and oxygen atoms in total. The summed E-state index contributed by atoms with van der Waals surface area (Å²) in [5.41, 5.74) is 1.95. The van der Waals surface area contributed by atoms with Crippen LogP contribution in [0.25, 0.3) is 0 Å². The van der Waals surface area contributed by atoms with E-state index in [2.05, 4.69) is 5.32 Å². The summed E-state index contributed by atoms with van der Waals surface area (Å²) in [5.74, 6) is 0.868. The van der Waals surface area contributed by atoms with E-state index in [9.17, 15) is 13.2 Å². The van der Waals surface area contributed by atoms with E-state index in [-0.39, 0.29) is 18.0 Å². The number of benzene rings is 3. The van der Waals surface area contributed by atoms with Crippen LogP contribution in [-0.2, 0) is 27.8 Å². The third kappa shape index (κ3) is 5.68. The average Bonchev–Trinajstić information content (AvgIpc) is 2.90. The molecule has 3 aromatic carbocycles. The lowest BCUT2D eigenvalue weighted by Gasteiger charge is -2.26. The second-order valence-corrected chi connectivity index (χ2v) is 9.44. The molecule has 3 aromatic rings. The van der Waals surface area contributed by atoms with Crippen molar-refractivity contribution in [3.63, 3.8) is 0 Å². The molecule has 9 heteroatoms. The number of sulfonamides is 1. The Balaban J connectivity index is 1.90. The van der Waals surface area contributed by atoms with Crippen molar-refractivity contribution < 1.29 is 27.4 Å². The number of carbonyl (C=O) groups is 1. The molecular weight excluding hydrogens is 468 g/mol. The van der Waals surface area contributed by atoms with Crippen molar-refractivity contribution in [2.75, 3.05) is 32.2 Å². The van der Waals surface area contributed by atoms with Crippen LogP contribution < -0.4 is 23.8 Å². The maximum Gasteiger partial charge on any atom is 0.264 e. The van der Waals surface area contributed by atoms with Crippen LogP contribution in [0.2, 0.25) is 0 Å². The van der Waals surface area contributed by atoms with Gasteiger partial charge in [-0.05, 0) is 42.3 Å². The van der Waals surface area contributed by atoms with E-state index in [1.807, 2.05) is 19.1 Å². The molecule has 0 bridgehead atoms. The quantitative estimate of drug-likeness (QED) is 0.432. The summed E-state index contributed by atoms with van der Waals surface area (Å²) in [6, 6.07) is 18.7. The first-order chi connectivity index (χ1) is 16.9. The number of nitrogens with zero attached hydrogens (tertiary/aromatic N) is 1. The van der Waals surface area contributed by atoms with Crippen LogP contribution in [0.4, 0.5) is 5.69 Å². The van der Waals surface area contributed by atoms with Gasteiger partial charge in [0.2, 0.25) is 11.7 Å². The summed E-state index contributed by atoms with van der Waals surface area (Å²) in [6.45, 7) is 1.66. The zero-order valence-electron chi connectivity index (χ0n) is 20.3. The molecule has 0 radical (unpaired) electrons. The molecule has 1 amide bonds. The molecule has 0 saturated carbocycles. The van der Waals surface area contributed by atoms with Crippen molar-refractivity contribution in [2.45, 2.75) is 24.8 Å². The number of nitrogens with one attached hydrogen (secondary N) is 1. The lowest BCUT2D eigenvalue weighted by atomic mass is 10.1. The smallest absolute Gasteiger partial charge is 0.264 e. The van der Waals surface area contributed by atoms with Crippen LogP contribution in [0.1, 0.15) is 18.1 Å². The predicted molar refractivity (Wildman–Crippen MR) is 135 cm³/mol. The molecule has 0 aromatic heterocycles. The van der Waals surface area contributed by atoms with Gasteiger partial charge in [-0.2, -0.15) is 0 Å². The monoisotopic (exact) mass is 498 g/mol. The van der Waals surface area contributed by atoms with Crippen molar-refractivity contribution in [1.29, 1.82) is 0 Å². The van der Waals surface area contributed by atoms with E-state index in [4.69, 9.17) is 14.2 Å². The Labute approximate surface area is 206 Å². The standard InChI is InChI=1S/C26H30N2O6S/c1-5-19-11-9-10-14-22(19)28(35(30,31)21-12-7-6-8-13-21)18-24(29)27-17-20-15-16-23(32-2)26(34-4)25(20)33-3/h6-16H,5,17-18H2,1-4H3,(H,27,29). The number of rotatable bonds is 11. The molecule has 186 valence electrons. The third-order valence-electron chi connectivity index (χ3n) is 5.52. The van der Waals surface area contributed by atoms with Crippen molar-refractivity contribution in [3.8, 4) is 17.2 Å². The number of hydrogen-bond acceptors (Lipinski definition) is 6. The van der Waals surface area contributed by atoms with Gasteiger partial charge in [0.15, 0.2) is 11.5 Å². The minimum absolute atomic E-state index is 0.108. The molecule has 0 unspecified atom stereocenters.